The molecule has 2 aliphatic heterocycles. The normalized spacial score (nSPS) is 41.5. The molecule has 2 nitrogen and oxygen atoms in total. The van der Waals surface area contributed by atoms with Gasteiger partial charge in [0.2, 0.25) is 0 Å². The second-order valence-electron chi connectivity index (χ2n) is 4.73. The Balaban J connectivity index is 2.05. The van der Waals surface area contributed by atoms with Gasteiger partial charge in [0, 0.05) is 11.6 Å². The molecule has 2 unspecified atom stereocenters. The van der Waals surface area contributed by atoms with Crippen LogP contribution in [0, 0.1) is 0 Å². The maximum Gasteiger partial charge on any atom is 0.0309 e. The zero-order valence-electron chi connectivity index (χ0n) is 8.97. The molecule has 0 aliphatic carbocycles. The van der Waals surface area contributed by atoms with Crippen LogP contribution < -0.4 is 5.32 Å². The van der Waals surface area contributed by atoms with Crippen LogP contribution in [0.15, 0.2) is 0 Å². The molecule has 0 aromatic heterocycles. The summed E-state index contributed by atoms with van der Waals surface area (Å²) in [5.41, 5.74) is 0.423. The Hall–Kier alpha value is -0.0800. The third-order valence-electron chi connectivity index (χ3n) is 3.91. The van der Waals surface area contributed by atoms with Crippen molar-refractivity contribution in [1.29, 1.82) is 0 Å². The van der Waals surface area contributed by atoms with Gasteiger partial charge < -0.3 is 5.32 Å². The van der Waals surface area contributed by atoms with Gasteiger partial charge in [0.05, 0.1) is 0 Å². The summed E-state index contributed by atoms with van der Waals surface area (Å²) in [7, 11) is 0. The molecule has 2 fully saturated rings. The topological polar surface area (TPSA) is 15.3 Å². The average molecular weight is 182 g/mol. The van der Waals surface area contributed by atoms with Gasteiger partial charge in [-0.3, -0.25) is 4.90 Å². The van der Waals surface area contributed by atoms with E-state index in [1.807, 2.05) is 0 Å². The molecule has 2 heterocycles. The molecule has 0 spiro atoms. The summed E-state index contributed by atoms with van der Waals surface area (Å²) >= 11 is 0. The van der Waals surface area contributed by atoms with Crippen molar-refractivity contribution < 1.29 is 0 Å². The van der Waals surface area contributed by atoms with Crippen LogP contribution >= 0.6 is 0 Å². The summed E-state index contributed by atoms with van der Waals surface area (Å²) < 4.78 is 0. The van der Waals surface area contributed by atoms with Crippen molar-refractivity contribution >= 4 is 0 Å². The molecular formula is C11H22N2. The lowest BCUT2D eigenvalue weighted by molar-refractivity contribution is 0.164. The van der Waals surface area contributed by atoms with E-state index in [1.54, 1.807) is 0 Å². The molecule has 0 bridgehead atoms. The molecule has 0 saturated carbocycles. The molecule has 2 atom stereocenters. The van der Waals surface area contributed by atoms with Gasteiger partial charge >= 0.3 is 0 Å². The highest BCUT2D eigenvalue weighted by molar-refractivity contribution is 5.01. The Morgan fingerprint density at radius 3 is 2.92 bits per heavy atom. The number of likely N-dealkylation sites (N-methyl/N-ethyl adjacent to an activating group) is 1. The highest BCUT2D eigenvalue weighted by atomic mass is 15.2. The van der Waals surface area contributed by atoms with Crippen LogP contribution in [0.5, 0.6) is 0 Å². The Bertz CT molecular complexity index is 173. The Morgan fingerprint density at radius 2 is 2.31 bits per heavy atom. The van der Waals surface area contributed by atoms with Crippen LogP contribution in [-0.2, 0) is 0 Å². The quantitative estimate of drug-likeness (QED) is 0.698. The average Bonchev–Trinajstić information content (AvgIpc) is 2.72. The Morgan fingerprint density at radius 1 is 1.46 bits per heavy atom. The number of rotatable bonds is 2. The van der Waals surface area contributed by atoms with E-state index in [0.717, 1.165) is 6.04 Å². The van der Waals surface area contributed by atoms with Gasteiger partial charge in [-0.2, -0.15) is 0 Å². The van der Waals surface area contributed by atoms with E-state index >= 15 is 0 Å². The van der Waals surface area contributed by atoms with Gasteiger partial charge in [0.25, 0.3) is 0 Å². The molecule has 0 aromatic rings. The number of likely N-dealkylation sites (tertiary alicyclic amines) is 1. The Kier molecular flexibility index (Phi) is 2.61. The lowest BCUT2D eigenvalue weighted by atomic mass is 9.89. The van der Waals surface area contributed by atoms with E-state index in [1.165, 1.54) is 45.3 Å². The fourth-order valence-corrected chi connectivity index (χ4v) is 3.13. The van der Waals surface area contributed by atoms with Gasteiger partial charge in [-0.15, -0.1) is 0 Å². The van der Waals surface area contributed by atoms with Crippen LogP contribution in [0.1, 0.15) is 39.5 Å². The molecular weight excluding hydrogens is 160 g/mol. The number of hydrogen-bond donors (Lipinski definition) is 1. The largest absolute Gasteiger partial charge is 0.310 e. The van der Waals surface area contributed by atoms with Crippen LogP contribution in [0.2, 0.25) is 0 Å². The van der Waals surface area contributed by atoms with Crippen molar-refractivity contribution in [2.24, 2.45) is 0 Å². The van der Waals surface area contributed by atoms with E-state index in [4.69, 9.17) is 0 Å². The van der Waals surface area contributed by atoms with Crippen molar-refractivity contribution in [2.45, 2.75) is 51.1 Å². The summed E-state index contributed by atoms with van der Waals surface area (Å²) in [4.78, 5) is 2.65. The first-order valence-electron chi connectivity index (χ1n) is 5.75. The van der Waals surface area contributed by atoms with Crippen molar-refractivity contribution in [3.05, 3.63) is 0 Å². The maximum atomic E-state index is 3.70. The Labute approximate surface area is 81.7 Å². The molecule has 2 rings (SSSR count). The van der Waals surface area contributed by atoms with E-state index in [-0.39, 0.29) is 0 Å². The highest BCUT2D eigenvalue weighted by Crippen LogP contribution is 2.32. The van der Waals surface area contributed by atoms with E-state index < -0.39 is 0 Å². The number of nitrogens with one attached hydrogen (secondary N) is 1. The molecule has 2 saturated heterocycles. The monoisotopic (exact) mass is 182 g/mol. The second kappa shape index (κ2) is 3.58. The first kappa shape index (κ1) is 9.47. The van der Waals surface area contributed by atoms with Crippen molar-refractivity contribution in [3.8, 4) is 0 Å². The maximum absolute atomic E-state index is 3.70. The van der Waals surface area contributed by atoms with Crippen LogP contribution in [0.4, 0.5) is 0 Å². The summed E-state index contributed by atoms with van der Waals surface area (Å²) in [5, 5.41) is 3.70. The number of nitrogens with zero attached hydrogens (tertiary/aromatic N) is 1. The summed E-state index contributed by atoms with van der Waals surface area (Å²) in [5.74, 6) is 0. The SMILES string of the molecule is CCN1CCCC1C1(C)CCCN1. The van der Waals surface area contributed by atoms with E-state index in [2.05, 4.69) is 24.1 Å². The minimum Gasteiger partial charge on any atom is -0.310 e. The van der Waals surface area contributed by atoms with Crippen molar-refractivity contribution in [3.63, 3.8) is 0 Å². The van der Waals surface area contributed by atoms with Gasteiger partial charge in [-0.05, 0) is 52.2 Å². The lowest BCUT2D eigenvalue weighted by Gasteiger charge is -2.37. The first-order valence-corrected chi connectivity index (χ1v) is 5.75. The van der Waals surface area contributed by atoms with Crippen molar-refractivity contribution in [1.82, 2.24) is 10.2 Å². The summed E-state index contributed by atoms with van der Waals surface area (Å²) in [6.45, 7) is 8.47. The first-order chi connectivity index (χ1) is 6.26. The molecule has 2 aliphatic rings. The lowest BCUT2D eigenvalue weighted by Crippen LogP contribution is -2.53. The zero-order valence-corrected chi connectivity index (χ0v) is 8.97. The van der Waals surface area contributed by atoms with Gasteiger partial charge in [0.1, 0.15) is 0 Å². The van der Waals surface area contributed by atoms with Crippen LogP contribution in [0.3, 0.4) is 0 Å². The predicted molar refractivity (Wildman–Crippen MR) is 55.9 cm³/mol. The van der Waals surface area contributed by atoms with Gasteiger partial charge in [-0.1, -0.05) is 6.92 Å². The van der Waals surface area contributed by atoms with E-state index in [9.17, 15) is 0 Å². The third-order valence-corrected chi connectivity index (χ3v) is 3.91. The minimum atomic E-state index is 0.423. The molecule has 76 valence electrons. The molecule has 1 N–H and O–H groups in total. The predicted octanol–water partition coefficient (Wildman–Crippen LogP) is 1.61. The third kappa shape index (κ3) is 1.62. The van der Waals surface area contributed by atoms with Crippen LogP contribution in [0.25, 0.3) is 0 Å². The van der Waals surface area contributed by atoms with Gasteiger partial charge in [-0.25, -0.2) is 0 Å². The van der Waals surface area contributed by atoms with Crippen molar-refractivity contribution in [2.75, 3.05) is 19.6 Å². The van der Waals surface area contributed by atoms with Gasteiger partial charge in [0.15, 0.2) is 0 Å². The zero-order chi connectivity index (χ0) is 9.31. The van der Waals surface area contributed by atoms with E-state index in [0.29, 0.717) is 5.54 Å². The highest BCUT2D eigenvalue weighted by Gasteiger charge is 2.41. The molecule has 0 amide bonds. The second-order valence-corrected chi connectivity index (χ2v) is 4.73. The molecule has 0 radical (unpaired) electrons. The minimum absolute atomic E-state index is 0.423. The summed E-state index contributed by atoms with van der Waals surface area (Å²) in [6.07, 6.45) is 5.53. The standard InChI is InChI=1S/C11H22N2/c1-3-13-9-4-6-10(13)11(2)7-5-8-12-11/h10,12H,3-9H2,1-2H3. The molecule has 0 aromatic carbocycles. The number of hydrogen-bond acceptors (Lipinski definition) is 2. The smallest absolute Gasteiger partial charge is 0.0309 e. The molecule has 13 heavy (non-hydrogen) atoms. The molecule has 2 heteroatoms. The fraction of sp³-hybridized carbons (Fsp3) is 1.00. The summed E-state index contributed by atoms with van der Waals surface area (Å²) in [6, 6.07) is 0.806. The van der Waals surface area contributed by atoms with Crippen LogP contribution in [-0.4, -0.2) is 36.1 Å². The fourth-order valence-electron chi connectivity index (χ4n) is 3.13.